The molecule has 19 heavy (non-hydrogen) atoms. The number of halogens is 1. The van der Waals surface area contributed by atoms with Crippen molar-refractivity contribution in [3.8, 4) is 0 Å². The molecule has 0 aliphatic carbocycles. The number of carboxylic acid groups (broad SMARTS) is 1. The summed E-state index contributed by atoms with van der Waals surface area (Å²) in [6, 6.07) is 1.85. The Morgan fingerprint density at radius 3 is 2.89 bits per heavy atom. The highest BCUT2D eigenvalue weighted by atomic mass is 79.9. The van der Waals surface area contributed by atoms with E-state index >= 15 is 0 Å². The highest BCUT2D eigenvalue weighted by Crippen LogP contribution is 2.41. The van der Waals surface area contributed by atoms with Gasteiger partial charge < -0.3 is 9.84 Å². The number of ether oxygens (including phenoxy) is 1. The molecule has 102 valence electrons. The second-order valence-electron chi connectivity index (χ2n) is 5.00. The van der Waals surface area contributed by atoms with Gasteiger partial charge in [-0.3, -0.25) is 9.88 Å². The molecule has 1 unspecified atom stereocenters. The molecule has 1 atom stereocenters. The van der Waals surface area contributed by atoms with Gasteiger partial charge in [0, 0.05) is 23.9 Å². The van der Waals surface area contributed by atoms with Crippen molar-refractivity contribution in [3.63, 3.8) is 0 Å². The van der Waals surface area contributed by atoms with Crippen LogP contribution in [0.4, 0.5) is 4.79 Å². The fraction of sp³-hybridized carbons (Fsp3) is 0.538. The maximum Gasteiger partial charge on any atom is 0.408 e. The first-order chi connectivity index (χ1) is 9.16. The van der Waals surface area contributed by atoms with E-state index in [2.05, 4.69) is 20.9 Å². The molecule has 1 fully saturated rings. The molecule has 1 aromatic rings. The van der Waals surface area contributed by atoms with Crippen molar-refractivity contribution in [1.82, 2.24) is 9.88 Å². The Kier molecular flexibility index (Phi) is 3.45. The van der Waals surface area contributed by atoms with Gasteiger partial charge in [-0.2, -0.15) is 0 Å². The van der Waals surface area contributed by atoms with Crippen molar-refractivity contribution in [2.75, 3.05) is 13.2 Å². The molecule has 1 amide bonds. The highest BCUT2D eigenvalue weighted by Gasteiger charge is 2.40. The van der Waals surface area contributed by atoms with Crippen LogP contribution in [0.2, 0.25) is 0 Å². The lowest BCUT2D eigenvalue weighted by Crippen LogP contribution is -2.35. The van der Waals surface area contributed by atoms with Crippen LogP contribution in [0.25, 0.3) is 0 Å². The minimum atomic E-state index is -0.870. The van der Waals surface area contributed by atoms with Crippen molar-refractivity contribution < 1.29 is 14.6 Å². The first-order valence-electron chi connectivity index (χ1n) is 6.38. The third-order valence-corrected chi connectivity index (χ3v) is 4.32. The molecule has 1 aromatic heterocycles. The van der Waals surface area contributed by atoms with Crippen molar-refractivity contribution in [1.29, 1.82) is 0 Å². The fourth-order valence-electron chi connectivity index (χ4n) is 3.01. The van der Waals surface area contributed by atoms with Crippen molar-refractivity contribution >= 4 is 22.0 Å². The monoisotopic (exact) mass is 326 g/mol. The Bertz CT molecular complexity index is 503. The van der Waals surface area contributed by atoms with Crippen molar-refractivity contribution in [2.45, 2.75) is 25.4 Å². The largest absolute Gasteiger partial charge is 0.465 e. The molecule has 0 aromatic carbocycles. The third kappa shape index (κ3) is 2.34. The molecule has 0 bridgehead atoms. The number of hydrogen-bond donors (Lipinski definition) is 1. The molecule has 1 N–H and O–H groups in total. The average molecular weight is 327 g/mol. The quantitative estimate of drug-likeness (QED) is 0.861. The van der Waals surface area contributed by atoms with Crippen LogP contribution in [-0.4, -0.2) is 34.3 Å². The Labute approximate surface area is 119 Å². The summed E-state index contributed by atoms with van der Waals surface area (Å²) >= 11 is 3.39. The predicted molar refractivity (Wildman–Crippen MR) is 71.8 cm³/mol. The molecule has 3 heterocycles. The van der Waals surface area contributed by atoms with Gasteiger partial charge in [-0.25, -0.2) is 4.79 Å². The second kappa shape index (κ2) is 5.09. The fourth-order valence-corrected chi connectivity index (χ4v) is 3.39. The number of fused-ring (bicyclic) bond motifs is 1. The summed E-state index contributed by atoms with van der Waals surface area (Å²) in [6.45, 7) is 1.85. The van der Waals surface area contributed by atoms with Gasteiger partial charge in [0.05, 0.1) is 18.3 Å². The highest BCUT2D eigenvalue weighted by molar-refractivity contribution is 9.10. The summed E-state index contributed by atoms with van der Waals surface area (Å²) in [4.78, 5) is 17.4. The number of aromatic nitrogens is 1. The van der Waals surface area contributed by atoms with E-state index in [1.807, 2.05) is 6.07 Å². The lowest BCUT2D eigenvalue weighted by atomic mass is 9.89. The smallest absolute Gasteiger partial charge is 0.408 e. The minimum Gasteiger partial charge on any atom is -0.465 e. The van der Waals surface area contributed by atoms with Gasteiger partial charge in [-0.05, 0) is 46.3 Å². The minimum absolute atomic E-state index is 0.121. The summed E-state index contributed by atoms with van der Waals surface area (Å²) in [5.41, 5.74) is 1.92. The lowest BCUT2D eigenvalue weighted by Gasteiger charge is -2.32. The van der Waals surface area contributed by atoms with E-state index in [1.54, 1.807) is 6.20 Å². The summed E-state index contributed by atoms with van der Waals surface area (Å²) in [5, 5.41) is 9.41. The summed E-state index contributed by atoms with van der Waals surface area (Å²) in [5.74, 6) is 0.305. The molecule has 3 rings (SSSR count). The molecule has 2 aliphatic heterocycles. The zero-order chi connectivity index (χ0) is 13.4. The van der Waals surface area contributed by atoms with Gasteiger partial charge in [-0.1, -0.05) is 0 Å². The van der Waals surface area contributed by atoms with Crippen LogP contribution < -0.4 is 0 Å². The van der Waals surface area contributed by atoms with E-state index < -0.39 is 6.09 Å². The molecule has 6 heteroatoms. The molecule has 0 radical (unpaired) electrons. The van der Waals surface area contributed by atoms with Crippen LogP contribution in [0.1, 0.15) is 30.1 Å². The normalized spacial score (nSPS) is 23.4. The van der Waals surface area contributed by atoms with Crippen LogP contribution in [-0.2, 0) is 11.3 Å². The average Bonchev–Trinajstić information content (AvgIpc) is 2.78. The van der Waals surface area contributed by atoms with E-state index in [4.69, 9.17) is 4.74 Å². The van der Waals surface area contributed by atoms with Crippen LogP contribution in [0.15, 0.2) is 16.7 Å². The first kappa shape index (κ1) is 12.9. The number of hydrogen-bond acceptors (Lipinski definition) is 3. The molecule has 0 spiro atoms. The Hall–Kier alpha value is -1.14. The Morgan fingerprint density at radius 2 is 2.21 bits per heavy atom. The van der Waals surface area contributed by atoms with Gasteiger partial charge in [0.2, 0.25) is 0 Å². The van der Waals surface area contributed by atoms with Crippen molar-refractivity contribution in [3.05, 3.63) is 28.0 Å². The van der Waals surface area contributed by atoms with Crippen LogP contribution in [0.5, 0.6) is 0 Å². The van der Waals surface area contributed by atoms with Gasteiger partial charge in [0.15, 0.2) is 0 Å². The number of rotatable bonds is 1. The Balaban J connectivity index is 1.96. The predicted octanol–water partition coefficient (Wildman–Crippen LogP) is 2.81. The first-order valence-corrected chi connectivity index (χ1v) is 7.17. The van der Waals surface area contributed by atoms with E-state index in [1.165, 1.54) is 4.90 Å². The maximum atomic E-state index is 11.5. The third-order valence-electron chi connectivity index (χ3n) is 3.88. The van der Waals surface area contributed by atoms with Gasteiger partial charge in [0.25, 0.3) is 0 Å². The maximum absolute atomic E-state index is 11.5. The zero-order valence-electron chi connectivity index (χ0n) is 10.4. The van der Waals surface area contributed by atoms with Gasteiger partial charge in [-0.15, -0.1) is 0 Å². The number of amides is 1. The van der Waals surface area contributed by atoms with Gasteiger partial charge >= 0.3 is 6.09 Å². The standard InChI is InChI=1S/C13H15BrN2O3/c14-10-5-9-7-16(13(17)18)12(11(9)15-6-10)8-1-3-19-4-2-8/h5-6,8,12H,1-4,7H2,(H,17,18). The van der Waals surface area contributed by atoms with Crippen LogP contribution >= 0.6 is 15.9 Å². The second-order valence-corrected chi connectivity index (χ2v) is 5.92. The topological polar surface area (TPSA) is 62.7 Å². The molecular formula is C13H15BrN2O3. The van der Waals surface area contributed by atoms with Crippen LogP contribution in [0, 0.1) is 5.92 Å². The van der Waals surface area contributed by atoms with Crippen LogP contribution in [0.3, 0.4) is 0 Å². The molecule has 2 aliphatic rings. The molecule has 1 saturated heterocycles. The summed E-state index contributed by atoms with van der Waals surface area (Å²) < 4.78 is 6.26. The molecule has 5 nitrogen and oxygen atoms in total. The molecule has 0 saturated carbocycles. The number of nitrogens with zero attached hydrogens (tertiary/aromatic N) is 2. The van der Waals surface area contributed by atoms with E-state index in [9.17, 15) is 9.90 Å². The van der Waals surface area contributed by atoms with E-state index in [-0.39, 0.29) is 6.04 Å². The van der Waals surface area contributed by atoms with E-state index in [0.717, 1.165) is 28.6 Å². The van der Waals surface area contributed by atoms with Crippen molar-refractivity contribution in [2.24, 2.45) is 5.92 Å². The summed E-state index contributed by atoms with van der Waals surface area (Å²) in [6.07, 6.45) is 2.67. The van der Waals surface area contributed by atoms with Gasteiger partial charge in [0.1, 0.15) is 0 Å². The van der Waals surface area contributed by atoms with E-state index in [0.29, 0.717) is 25.7 Å². The lowest BCUT2D eigenvalue weighted by molar-refractivity contribution is 0.0293. The molecular weight excluding hydrogens is 312 g/mol. The zero-order valence-corrected chi connectivity index (χ0v) is 12.0. The Morgan fingerprint density at radius 1 is 1.47 bits per heavy atom. The number of carbonyl (C=O) groups is 1. The number of pyridine rings is 1. The SMILES string of the molecule is O=C(O)N1Cc2cc(Br)cnc2C1C1CCOCC1. The summed E-state index contributed by atoms with van der Waals surface area (Å²) in [7, 11) is 0.